The predicted molar refractivity (Wildman–Crippen MR) is 131 cm³/mol. The van der Waals surface area contributed by atoms with Gasteiger partial charge in [-0.3, -0.25) is 9.69 Å². The van der Waals surface area contributed by atoms with Gasteiger partial charge in [-0.15, -0.1) is 0 Å². The number of Topliss-reactive ketones (excluding diaryl/α,β-unsaturated/α-hetero) is 1. The van der Waals surface area contributed by atoms with E-state index in [4.69, 9.17) is 0 Å². The molecular formula is C28H32N4O. The Bertz CT molecular complexity index is 1220. The number of anilines is 1. The van der Waals surface area contributed by atoms with E-state index in [1.165, 1.54) is 36.1 Å². The molecule has 1 saturated heterocycles. The van der Waals surface area contributed by atoms with Crippen molar-refractivity contribution in [1.82, 2.24) is 9.88 Å². The molecule has 0 amide bonds. The van der Waals surface area contributed by atoms with E-state index in [2.05, 4.69) is 59.8 Å². The molecule has 1 aromatic carbocycles. The Morgan fingerprint density at radius 2 is 2.00 bits per heavy atom. The first kappa shape index (κ1) is 20.7. The molecule has 1 atom stereocenters. The van der Waals surface area contributed by atoms with Gasteiger partial charge >= 0.3 is 0 Å². The first-order valence-electron chi connectivity index (χ1n) is 12.4. The summed E-state index contributed by atoms with van der Waals surface area (Å²) >= 11 is 0. The van der Waals surface area contributed by atoms with Crippen LogP contribution in [0.3, 0.4) is 0 Å². The molecule has 1 aliphatic heterocycles. The fraction of sp³-hybridized carbons (Fsp3) is 0.500. The number of carbonyl (C=O) groups excluding carboxylic acids is 1. The minimum atomic E-state index is -0.228. The largest absolute Gasteiger partial charge is 0.366 e. The number of nitrogens with one attached hydrogen (secondary N) is 1. The molecule has 0 bridgehead atoms. The molecule has 2 fully saturated rings. The molecule has 2 aromatic rings. The first-order chi connectivity index (χ1) is 15.9. The smallest absolute Gasteiger partial charge is 0.170 e. The van der Waals surface area contributed by atoms with Crippen molar-refractivity contribution in [3.05, 3.63) is 57.4 Å². The summed E-state index contributed by atoms with van der Waals surface area (Å²) in [6.45, 7) is 10.2. The molecule has 5 nitrogen and oxygen atoms in total. The summed E-state index contributed by atoms with van der Waals surface area (Å²) in [5.41, 5.74) is 8.14. The van der Waals surface area contributed by atoms with Crippen molar-refractivity contribution in [2.75, 3.05) is 24.5 Å². The van der Waals surface area contributed by atoms with Crippen molar-refractivity contribution in [1.29, 1.82) is 5.26 Å². The summed E-state index contributed by atoms with van der Waals surface area (Å²) < 4.78 is 0. The highest BCUT2D eigenvalue weighted by Crippen LogP contribution is 2.45. The Morgan fingerprint density at radius 3 is 2.70 bits per heavy atom. The number of nitrogens with zero attached hydrogens (tertiary/aromatic N) is 3. The van der Waals surface area contributed by atoms with E-state index in [0.29, 0.717) is 11.6 Å². The Balaban J connectivity index is 1.34. The third-order valence-electron chi connectivity index (χ3n) is 8.57. The van der Waals surface area contributed by atoms with Gasteiger partial charge in [-0.2, -0.15) is 5.26 Å². The number of rotatable bonds is 2. The van der Waals surface area contributed by atoms with Gasteiger partial charge in [0.15, 0.2) is 5.78 Å². The van der Waals surface area contributed by atoms with Crippen LogP contribution in [0.2, 0.25) is 0 Å². The van der Waals surface area contributed by atoms with Crippen LogP contribution in [0.25, 0.3) is 6.08 Å². The van der Waals surface area contributed by atoms with Crippen LogP contribution >= 0.6 is 0 Å². The summed E-state index contributed by atoms with van der Waals surface area (Å²) in [5.74, 6) is 0.0654. The third-order valence-corrected chi connectivity index (χ3v) is 8.57. The minimum Gasteiger partial charge on any atom is -0.366 e. The Kier molecular flexibility index (Phi) is 4.61. The topological polar surface area (TPSA) is 63.1 Å². The molecule has 6 rings (SSSR count). The van der Waals surface area contributed by atoms with Crippen molar-refractivity contribution < 1.29 is 4.79 Å². The maximum Gasteiger partial charge on any atom is 0.170 e. The zero-order valence-corrected chi connectivity index (χ0v) is 19.9. The Morgan fingerprint density at radius 1 is 1.18 bits per heavy atom. The van der Waals surface area contributed by atoms with E-state index >= 15 is 0 Å². The highest BCUT2D eigenvalue weighted by Gasteiger charge is 2.39. The second-order valence-electron chi connectivity index (χ2n) is 10.9. The van der Waals surface area contributed by atoms with Gasteiger partial charge in [0.25, 0.3) is 0 Å². The average Bonchev–Trinajstić information content (AvgIpc) is 3.13. The summed E-state index contributed by atoms with van der Waals surface area (Å²) in [5, 5.41) is 9.33. The van der Waals surface area contributed by atoms with E-state index < -0.39 is 0 Å². The van der Waals surface area contributed by atoms with Crippen molar-refractivity contribution in [2.45, 2.75) is 70.4 Å². The van der Waals surface area contributed by atoms with Gasteiger partial charge in [0.1, 0.15) is 0 Å². The number of piperazine rings is 1. The van der Waals surface area contributed by atoms with Crippen LogP contribution < -0.4 is 4.90 Å². The molecule has 1 aromatic heterocycles. The van der Waals surface area contributed by atoms with Crippen LogP contribution in [0.4, 0.5) is 5.69 Å². The van der Waals surface area contributed by atoms with Crippen LogP contribution in [0, 0.1) is 11.3 Å². The van der Waals surface area contributed by atoms with Crippen molar-refractivity contribution in [3.63, 3.8) is 0 Å². The molecule has 3 aliphatic carbocycles. The van der Waals surface area contributed by atoms with Gasteiger partial charge < -0.3 is 9.88 Å². The molecule has 33 heavy (non-hydrogen) atoms. The monoisotopic (exact) mass is 440 g/mol. The van der Waals surface area contributed by atoms with Crippen molar-refractivity contribution in [2.24, 2.45) is 0 Å². The summed E-state index contributed by atoms with van der Waals surface area (Å²) in [4.78, 5) is 21.7. The highest BCUT2D eigenvalue weighted by atomic mass is 16.1. The number of allylic oxidation sites excluding steroid dienone is 1. The number of H-pyrrole nitrogens is 1. The summed E-state index contributed by atoms with van der Waals surface area (Å²) in [6, 6.07) is 10.4. The van der Waals surface area contributed by atoms with Gasteiger partial charge in [-0.1, -0.05) is 26.3 Å². The fourth-order valence-corrected chi connectivity index (χ4v) is 6.51. The number of hydrogen-bond acceptors (Lipinski definition) is 4. The van der Waals surface area contributed by atoms with Crippen LogP contribution in [-0.4, -0.2) is 47.4 Å². The number of nitriles is 1. The molecule has 0 radical (unpaired) electrons. The molecule has 1 N–H and O–H groups in total. The predicted octanol–water partition coefficient (Wildman–Crippen LogP) is 4.80. The lowest BCUT2D eigenvalue weighted by Gasteiger charge is -2.47. The van der Waals surface area contributed by atoms with E-state index in [1.807, 2.05) is 6.08 Å². The van der Waals surface area contributed by atoms with Gasteiger partial charge in [0.2, 0.25) is 0 Å². The second kappa shape index (κ2) is 7.33. The quantitative estimate of drug-likeness (QED) is 0.729. The number of ketones is 1. The lowest BCUT2D eigenvalue weighted by Crippen LogP contribution is -2.56. The van der Waals surface area contributed by atoms with E-state index in [-0.39, 0.29) is 17.6 Å². The zero-order chi connectivity index (χ0) is 22.9. The van der Waals surface area contributed by atoms with Crippen LogP contribution in [0.5, 0.6) is 0 Å². The fourth-order valence-electron chi connectivity index (χ4n) is 6.51. The molecule has 0 unspecified atom stereocenters. The number of aromatic nitrogens is 1. The number of aromatic amines is 1. The summed E-state index contributed by atoms with van der Waals surface area (Å²) in [7, 11) is 0. The van der Waals surface area contributed by atoms with Crippen molar-refractivity contribution in [3.8, 4) is 6.07 Å². The van der Waals surface area contributed by atoms with Crippen molar-refractivity contribution >= 4 is 17.5 Å². The molecule has 1 saturated carbocycles. The van der Waals surface area contributed by atoms with Crippen LogP contribution in [0.1, 0.15) is 84.9 Å². The van der Waals surface area contributed by atoms with E-state index in [9.17, 15) is 10.1 Å². The number of fused-ring (bicyclic) bond motifs is 4. The molecule has 2 heterocycles. The standard InChI is InChI=1S/C28H32N4O/c1-17-16-31(20-5-4-6-20)9-10-32(17)21-8-7-19-13-22-26-24(11-18(15-29)12-25(26)33)30-27(22)28(2,3)23(19)14-21/h7-8,11,14,17,20,30H,4-6,9-10,12-13,16H2,1-3H3/t17-/m0/s1. The SMILES string of the molecule is C[C@H]1CN(C2CCC2)CCN1c1ccc2c(c1)C(C)(C)c1[nH]c3c(c1C2)C(=O)CC(C#N)=C3. The number of benzene rings is 1. The van der Waals surface area contributed by atoms with Gasteiger partial charge in [-0.05, 0) is 54.7 Å². The lowest BCUT2D eigenvalue weighted by molar-refractivity contribution is 0.0992. The maximum absolute atomic E-state index is 12.9. The third kappa shape index (κ3) is 3.11. The molecule has 0 spiro atoms. The zero-order valence-electron chi connectivity index (χ0n) is 19.9. The minimum absolute atomic E-state index is 0.0654. The van der Waals surface area contributed by atoms with Crippen LogP contribution in [0.15, 0.2) is 23.8 Å². The second-order valence-corrected chi connectivity index (χ2v) is 10.9. The first-order valence-corrected chi connectivity index (χ1v) is 12.4. The van der Waals surface area contributed by atoms with Gasteiger partial charge in [0.05, 0.1) is 11.8 Å². The normalized spacial score (nSPS) is 24.3. The van der Waals surface area contributed by atoms with E-state index in [0.717, 1.165) is 54.6 Å². The van der Waals surface area contributed by atoms with E-state index in [1.54, 1.807) is 0 Å². The van der Waals surface area contributed by atoms with Crippen LogP contribution in [-0.2, 0) is 11.8 Å². The molecular weight excluding hydrogens is 408 g/mol. The molecule has 5 heteroatoms. The maximum atomic E-state index is 12.9. The van der Waals surface area contributed by atoms with Gasteiger partial charge in [0, 0.05) is 72.5 Å². The highest BCUT2D eigenvalue weighted by molar-refractivity contribution is 6.06. The number of carbonyl (C=O) groups is 1. The molecule has 170 valence electrons. The Labute approximate surface area is 196 Å². The Hall–Kier alpha value is -2.84. The average molecular weight is 441 g/mol. The molecule has 4 aliphatic rings. The number of hydrogen-bond donors (Lipinski definition) is 1. The van der Waals surface area contributed by atoms with Gasteiger partial charge in [-0.25, -0.2) is 0 Å². The summed E-state index contributed by atoms with van der Waals surface area (Å²) in [6.07, 6.45) is 6.98. The lowest BCUT2D eigenvalue weighted by atomic mass is 9.71.